The van der Waals surface area contributed by atoms with Crippen LogP contribution in [0.15, 0.2) is 0 Å². The van der Waals surface area contributed by atoms with Crippen molar-refractivity contribution in [2.45, 2.75) is 69.2 Å². The first kappa shape index (κ1) is 11.5. The second-order valence-electron chi connectivity index (χ2n) is 7.23. The van der Waals surface area contributed by atoms with Gasteiger partial charge in [0.25, 0.3) is 0 Å². The largest absolute Gasteiger partial charge is 0.370 e. The maximum atomic E-state index is 6.11. The standard InChI is InChI=1S/C15H22O4/c1-2-10-12(18-10)5-9(1)14-16-7-15(8-17-14)4-3-11-13(6-15)19-11/h9-14H,1-8H2/t9-,10+,11+,12+,13-,14?,15?/m0/s1. The lowest BCUT2D eigenvalue weighted by molar-refractivity contribution is -0.257. The highest BCUT2D eigenvalue weighted by Crippen LogP contribution is 2.49. The van der Waals surface area contributed by atoms with E-state index in [1.165, 1.54) is 25.7 Å². The molecule has 0 aromatic heterocycles. The van der Waals surface area contributed by atoms with Crippen LogP contribution in [0.3, 0.4) is 0 Å². The van der Waals surface area contributed by atoms with E-state index < -0.39 is 0 Å². The molecule has 2 aliphatic carbocycles. The maximum Gasteiger partial charge on any atom is 0.160 e. The number of ether oxygens (including phenoxy) is 4. The average Bonchev–Trinajstić information content (AvgIpc) is 3.33. The van der Waals surface area contributed by atoms with E-state index in [0.29, 0.717) is 30.3 Å². The van der Waals surface area contributed by atoms with Crippen molar-refractivity contribution in [2.75, 3.05) is 13.2 Å². The highest BCUT2D eigenvalue weighted by Gasteiger charge is 2.53. The zero-order valence-electron chi connectivity index (χ0n) is 11.3. The topological polar surface area (TPSA) is 43.5 Å². The minimum absolute atomic E-state index is 0.0219. The van der Waals surface area contributed by atoms with Crippen LogP contribution in [0.4, 0.5) is 0 Å². The molecule has 2 saturated carbocycles. The summed E-state index contributed by atoms with van der Waals surface area (Å²) in [5, 5.41) is 0. The number of hydrogen-bond donors (Lipinski definition) is 0. The van der Waals surface area contributed by atoms with E-state index in [0.717, 1.165) is 26.1 Å². The lowest BCUT2D eigenvalue weighted by Crippen LogP contribution is -2.47. The highest BCUT2D eigenvalue weighted by atomic mass is 16.7. The summed E-state index contributed by atoms with van der Waals surface area (Å²) in [6.45, 7) is 1.74. The minimum Gasteiger partial charge on any atom is -0.370 e. The van der Waals surface area contributed by atoms with Crippen molar-refractivity contribution in [2.24, 2.45) is 11.3 Å². The quantitative estimate of drug-likeness (QED) is 0.680. The molecular weight excluding hydrogens is 244 g/mol. The molecular formula is C15H22O4. The van der Waals surface area contributed by atoms with Gasteiger partial charge in [0.15, 0.2) is 6.29 Å². The molecule has 5 aliphatic rings. The van der Waals surface area contributed by atoms with Crippen molar-refractivity contribution in [1.29, 1.82) is 0 Å². The zero-order chi connectivity index (χ0) is 12.4. The molecule has 0 amide bonds. The van der Waals surface area contributed by atoms with Crippen LogP contribution in [0.5, 0.6) is 0 Å². The van der Waals surface area contributed by atoms with Crippen LogP contribution in [0.25, 0.3) is 0 Å². The lowest BCUT2D eigenvalue weighted by Gasteiger charge is -2.43. The van der Waals surface area contributed by atoms with Gasteiger partial charge in [-0.3, -0.25) is 0 Å². The van der Waals surface area contributed by atoms with Crippen LogP contribution in [0.1, 0.15) is 38.5 Å². The fraction of sp³-hybridized carbons (Fsp3) is 1.00. The van der Waals surface area contributed by atoms with E-state index in [1.807, 2.05) is 0 Å². The summed E-state index contributed by atoms with van der Waals surface area (Å²) in [7, 11) is 0. The Morgan fingerprint density at radius 1 is 0.789 bits per heavy atom. The zero-order valence-corrected chi connectivity index (χ0v) is 11.3. The predicted molar refractivity (Wildman–Crippen MR) is 66.6 cm³/mol. The molecule has 4 nitrogen and oxygen atoms in total. The molecule has 0 radical (unpaired) electrons. The van der Waals surface area contributed by atoms with E-state index >= 15 is 0 Å². The molecule has 5 fully saturated rings. The molecule has 3 heterocycles. The molecule has 0 bridgehead atoms. The Morgan fingerprint density at radius 3 is 2.37 bits per heavy atom. The lowest BCUT2D eigenvalue weighted by atomic mass is 9.74. The van der Waals surface area contributed by atoms with E-state index in [9.17, 15) is 0 Å². The van der Waals surface area contributed by atoms with E-state index in [1.54, 1.807) is 0 Å². The second-order valence-corrected chi connectivity index (χ2v) is 7.23. The van der Waals surface area contributed by atoms with E-state index in [4.69, 9.17) is 18.9 Å². The van der Waals surface area contributed by atoms with Gasteiger partial charge in [-0.05, 0) is 38.5 Å². The summed E-state index contributed by atoms with van der Waals surface area (Å²) in [5.41, 5.74) is 0.251. The monoisotopic (exact) mass is 266 g/mol. The van der Waals surface area contributed by atoms with E-state index in [-0.39, 0.29) is 11.7 Å². The third kappa shape index (κ3) is 1.96. The van der Waals surface area contributed by atoms with Gasteiger partial charge in [0.05, 0.1) is 37.6 Å². The number of hydrogen-bond acceptors (Lipinski definition) is 4. The van der Waals surface area contributed by atoms with Gasteiger partial charge in [-0.2, -0.15) is 0 Å². The SMILES string of the molecule is C1C[C@H]2O[C@@H]2C[C@H]1C1OCC2(CC[C@H]3O[C@H]3C2)CO1. The van der Waals surface area contributed by atoms with Gasteiger partial charge in [-0.25, -0.2) is 0 Å². The van der Waals surface area contributed by atoms with Gasteiger partial charge in [0.1, 0.15) is 0 Å². The molecule has 5 rings (SSSR count). The molecule has 5 atom stereocenters. The van der Waals surface area contributed by atoms with Gasteiger partial charge in [-0.15, -0.1) is 0 Å². The molecule has 0 aromatic carbocycles. The Balaban J connectivity index is 1.21. The Hall–Kier alpha value is -0.160. The maximum absolute atomic E-state index is 6.11. The fourth-order valence-corrected chi connectivity index (χ4v) is 4.41. The molecule has 1 spiro atoms. The summed E-state index contributed by atoms with van der Waals surface area (Å²) in [6, 6.07) is 0. The van der Waals surface area contributed by atoms with Gasteiger partial charge in [0, 0.05) is 11.3 Å². The van der Waals surface area contributed by atoms with Crippen LogP contribution in [-0.2, 0) is 18.9 Å². The van der Waals surface area contributed by atoms with Gasteiger partial charge >= 0.3 is 0 Å². The normalized spacial score (nSPS) is 59.4. The van der Waals surface area contributed by atoms with E-state index in [2.05, 4.69) is 0 Å². The Labute approximate surface area is 113 Å². The van der Waals surface area contributed by atoms with Gasteiger partial charge in [0.2, 0.25) is 0 Å². The Bertz CT molecular complexity index is 376. The molecule has 0 unspecified atom stereocenters. The molecule has 0 aromatic rings. The summed E-state index contributed by atoms with van der Waals surface area (Å²) in [6.07, 6.45) is 9.24. The summed E-state index contributed by atoms with van der Waals surface area (Å²) < 4.78 is 23.5. The first-order chi connectivity index (χ1) is 9.31. The molecule has 19 heavy (non-hydrogen) atoms. The number of epoxide rings is 2. The van der Waals surface area contributed by atoms with Crippen LogP contribution in [-0.4, -0.2) is 43.9 Å². The molecule has 106 valence electrons. The third-order valence-electron chi connectivity index (χ3n) is 5.82. The summed E-state index contributed by atoms with van der Waals surface area (Å²) in [4.78, 5) is 0. The third-order valence-corrected chi connectivity index (χ3v) is 5.82. The minimum atomic E-state index is 0.0219. The van der Waals surface area contributed by atoms with Crippen LogP contribution in [0.2, 0.25) is 0 Å². The molecule has 3 saturated heterocycles. The molecule has 4 heteroatoms. The summed E-state index contributed by atoms with van der Waals surface area (Å²) >= 11 is 0. The Kier molecular flexibility index (Phi) is 2.38. The van der Waals surface area contributed by atoms with Crippen molar-refractivity contribution < 1.29 is 18.9 Å². The van der Waals surface area contributed by atoms with Gasteiger partial charge < -0.3 is 18.9 Å². The Morgan fingerprint density at radius 2 is 1.58 bits per heavy atom. The van der Waals surface area contributed by atoms with Crippen LogP contribution < -0.4 is 0 Å². The first-order valence-electron chi connectivity index (χ1n) is 7.86. The molecule has 0 N–H and O–H groups in total. The number of rotatable bonds is 1. The highest BCUT2D eigenvalue weighted by molar-refractivity contribution is 5.00. The average molecular weight is 266 g/mol. The van der Waals surface area contributed by atoms with Crippen LogP contribution in [0, 0.1) is 11.3 Å². The van der Waals surface area contributed by atoms with Crippen molar-refractivity contribution in [3.8, 4) is 0 Å². The van der Waals surface area contributed by atoms with Crippen LogP contribution >= 0.6 is 0 Å². The molecule has 3 aliphatic heterocycles. The number of fused-ring (bicyclic) bond motifs is 2. The second kappa shape index (κ2) is 3.94. The smallest absolute Gasteiger partial charge is 0.160 e. The summed E-state index contributed by atoms with van der Waals surface area (Å²) in [5.74, 6) is 0.551. The van der Waals surface area contributed by atoms with Gasteiger partial charge in [-0.1, -0.05) is 0 Å². The van der Waals surface area contributed by atoms with Crippen molar-refractivity contribution in [3.05, 3.63) is 0 Å². The first-order valence-corrected chi connectivity index (χ1v) is 7.86. The fourth-order valence-electron chi connectivity index (χ4n) is 4.41. The predicted octanol–water partition coefficient (Wildman–Crippen LogP) is 1.86. The van der Waals surface area contributed by atoms with Crippen molar-refractivity contribution >= 4 is 0 Å². The van der Waals surface area contributed by atoms with Crippen molar-refractivity contribution in [3.63, 3.8) is 0 Å². The van der Waals surface area contributed by atoms with Crippen molar-refractivity contribution in [1.82, 2.24) is 0 Å².